The zero-order valence-electron chi connectivity index (χ0n) is 15.6. The molecule has 148 valence electrons. The maximum Gasteiger partial charge on any atom is 0.262 e. The number of hydrogen-bond acceptors (Lipinski definition) is 6. The molecule has 4 N–H and O–H groups in total. The Morgan fingerprint density at radius 3 is 2.64 bits per heavy atom. The Morgan fingerprint density at radius 1 is 1.11 bits per heavy atom. The van der Waals surface area contributed by atoms with Crippen LogP contribution in [-0.4, -0.2) is 47.2 Å². The number of amides is 4. The molecule has 2 heterocycles. The minimum absolute atomic E-state index is 0.111. The van der Waals surface area contributed by atoms with Gasteiger partial charge >= 0.3 is 0 Å². The summed E-state index contributed by atoms with van der Waals surface area (Å²) in [5.74, 6) is -1.50. The molecule has 3 aliphatic rings. The second-order valence-corrected chi connectivity index (χ2v) is 7.77. The van der Waals surface area contributed by atoms with Crippen molar-refractivity contribution in [3.05, 3.63) is 34.9 Å². The Kier molecular flexibility index (Phi) is 4.99. The molecule has 1 aromatic carbocycles. The summed E-state index contributed by atoms with van der Waals surface area (Å²) in [5.41, 5.74) is 7.50. The van der Waals surface area contributed by atoms with Crippen LogP contribution in [0, 0.1) is 5.92 Å². The van der Waals surface area contributed by atoms with Gasteiger partial charge in [0.1, 0.15) is 6.04 Å². The van der Waals surface area contributed by atoms with E-state index >= 15 is 0 Å². The molecule has 0 aromatic heterocycles. The molecule has 28 heavy (non-hydrogen) atoms. The number of imide groups is 2. The summed E-state index contributed by atoms with van der Waals surface area (Å²) in [5, 5.41) is 5.57. The Bertz CT molecular complexity index is 853. The van der Waals surface area contributed by atoms with Gasteiger partial charge < -0.3 is 11.1 Å². The van der Waals surface area contributed by atoms with Crippen molar-refractivity contribution in [3.63, 3.8) is 0 Å². The van der Waals surface area contributed by atoms with Gasteiger partial charge in [-0.2, -0.15) is 0 Å². The highest BCUT2D eigenvalue weighted by atomic mass is 16.2. The molecular formula is C20H24N4O4. The quantitative estimate of drug-likeness (QED) is 0.628. The highest BCUT2D eigenvalue weighted by Gasteiger charge is 2.45. The number of fused-ring (bicyclic) bond motifs is 1. The van der Waals surface area contributed by atoms with E-state index in [-0.39, 0.29) is 24.8 Å². The fraction of sp³-hybridized carbons (Fsp3) is 0.500. The van der Waals surface area contributed by atoms with Gasteiger partial charge in [0.05, 0.1) is 11.1 Å². The van der Waals surface area contributed by atoms with Crippen LogP contribution in [0.25, 0.3) is 0 Å². The molecule has 1 saturated carbocycles. The molecule has 0 spiro atoms. The smallest absolute Gasteiger partial charge is 0.262 e. The molecule has 3 unspecified atom stereocenters. The number of carbonyl (C=O) groups is 4. The summed E-state index contributed by atoms with van der Waals surface area (Å²) in [6, 6.07) is 4.44. The molecule has 3 atom stereocenters. The fourth-order valence-corrected chi connectivity index (χ4v) is 4.44. The SMILES string of the molecule is NC1CCCC1CNCc1cccc2c1C(=O)N(C1CCC(=O)NC1=O)C2=O. The minimum Gasteiger partial charge on any atom is -0.327 e. The first-order valence-electron chi connectivity index (χ1n) is 9.77. The number of benzene rings is 1. The van der Waals surface area contributed by atoms with E-state index < -0.39 is 23.8 Å². The number of piperidine rings is 1. The number of carbonyl (C=O) groups excluding carboxylic acids is 4. The van der Waals surface area contributed by atoms with Gasteiger partial charge in [-0.3, -0.25) is 29.4 Å². The average molecular weight is 384 g/mol. The van der Waals surface area contributed by atoms with Crippen molar-refractivity contribution >= 4 is 23.6 Å². The lowest BCUT2D eigenvalue weighted by Gasteiger charge is -2.27. The molecule has 4 amide bonds. The zero-order valence-corrected chi connectivity index (χ0v) is 15.6. The van der Waals surface area contributed by atoms with E-state index in [4.69, 9.17) is 5.73 Å². The van der Waals surface area contributed by atoms with Crippen LogP contribution in [0.15, 0.2) is 18.2 Å². The molecule has 4 rings (SSSR count). The van der Waals surface area contributed by atoms with E-state index in [0.29, 0.717) is 23.6 Å². The van der Waals surface area contributed by atoms with Crippen LogP contribution >= 0.6 is 0 Å². The van der Waals surface area contributed by atoms with Crippen molar-refractivity contribution in [2.24, 2.45) is 11.7 Å². The standard InChI is InChI=1S/C20H24N4O4/c21-14-6-2-3-11(14)9-22-10-12-4-1-5-13-17(12)20(28)24(19(13)27)15-7-8-16(25)23-18(15)26/h1,4-5,11,14-15,22H,2-3,6-10,21H2,(H,23,25,26). The van der Waals surface area contributed by atoms with Crippen LogP contribution in [0.2, 0.25) is 0 Å². The van der Waals surface area contributed by atoms with Crippen molar-refractivity contribution in [2.45, 2.75) is 50.7 Å². The third-order valence-electron chi connectivity index (χ3n) is 5.99. The molecule has 8 nitrogen and oxygen atoms in total. The Hall–Kier alpha value is -2.58. The van der Waals surface area contributed by atoms with Crippen LogP contribution in [0.3, 0.4) is 0 Å². The van der Waals surface area contributed by atoms with Crippen molar-refractivity contribution < 1.29 is 19.2 Å². The van der Waals surface area contributed by atoms with Crippen LogP contribution in [-0.2, 0) is 16.1 Å². The fourth-order valence-electron chi connectivity index (χ4n) is 4.44. The van der Waals surface area contributed by atoms with E-state index in [1.165, 1.54) is 0 Å². The highest BCUT2D eigenvalue weighted by Crippen LogP contribution is 2.30. The molecule has 1 saturated heterocycles. The highest BCUT2D eigenvalue weighted by molar-refractivity contribution is 6.24. The van der Waals surface area contributed by atoms with Gasteiger partial charge in [-0.25, -0.2) is 0 Å². The van der Waals surface area contributed by atoms with E-state index in [0.717, 1.165) is 36.3 Å². The van der Waals surface area contributed by atoms with Gasteiger partial charge in [0, 0.05) is 19.0 Å². The van der Waals surface area contributed by atoms with Crippen LogP contribution in [0.1, 0.15) is 58.4 Å². The van der Waals surface area contributed by atoms with Gasteiger partial charge in [0.25, 0.3) is 11.8 Å². The van der Waals surface area contributed by atoms with E-state index in [2.05, 4.69) is 10.6 Å². The van der Waals surface area contributed by atoms with E-state index in [1.54, 1.807) is 12.1 Å². The van der Waals surface area contributed by atoms with Crippen LogP contribution < -0.4 is 16.4 Å². The van der Waals surface area contributed by atoms with Crippen molar-refractivity contribution in [1.82, 2.24) is 15.5 Å². The topological polar surface area (TPSA) is 122 Å². The zero-order chi connectivity index (χ0) is 19.8. The number of nitrogens with one attached hydrogen (secondary N) is 2. The second-order valence-electron chi connectivity index (χ2n) is 7.77. The van der Waals surface area contributed by atoms with Gasteiger partial charge in [-0.05, 0) is 43.4 Å². The first kappa shape index (κ1) is 18.8. The molecule has 0 bridgehead atoms. The summed E-state index contributed by atoms with van der Waals surface area (Å²) < 4.78 is 0. The number of nitrogens with zero attached hydrogens (tertiary/aromatic N) is 1. The molecular weight excluding hydrogens is 360 g/mol. The minimum atomic E-state index is -0.942. The molecule has 1 aromatic rings. The summed E-state index contributed by atoms with van der Waals surface area (Å²) in [7, 11) is 0. The number of hydrogen-bond donors (Lipinski definition) is 3. The predicted octanol–water partition coefficient (Wildman–Crippen LogP) is 0.305. The lowest BCUT2D eigenvalue weighted by atomic mass is 10.0. The third kappa shape index (κ3) is 3.22. The summed E-state index contributed by atoms with van der Waals surface area (Å²) in [6.45, 7) is 1.22. The first-order chi connectivity index (χ1) is 13.5. The van der Waals surface area contributed by atoms with Gasteiger partial charge in [-0.1, -0.05) is 18.6 Å². The summed E-state index contributed by atoms with van der Waals surface area (Å²) in [6.07, 6.45) is 3.55. The number of nitrogens with two attached hydrogens (primary N) is 1. The van der Waals surface area contributed by atoms with Crippen molar-refractivity contribution in [3.8, 4) is 0 Å². The second kappa shape index (κ2) is 7.44. The lowest BCUT2D eigenvalue weighted by Crippen LogP contribution is -2.54. The summed E-state index contributed by atoms with van der Waals surface area (Å²) >= 11 is 0. The monoisotopic (exact) mass is 384 g/mol. The molecule has 8 heteroatoms. The van der Waals surface area contributed by atoms with Gasteiger partial charge in [-0.15, -0.1) is 0 Å². The maximum atomic E-state index is 13.0. The van der Waals surface area contributed by atoms with Crippen LogP contribution in [0.5, 0.6) is 0 Å². The van der Waals surface area contributed by atoms with Crippen LogP contribution in [0.4, 0.5) is 0 Å². The molecule has 2 fully saturated rings. The third-order valence-corrected chi connectivity index (χ3v) is 5.99. The predicted molar refractivity (Wildman–Crippen MR) is 100 cm³/mol. The van der Waals surface area contributed by atoms with Gasteiger partial charge in [0.15, 0.2) is 0 Å². The Morgan fingerprint density at radius 2 is 1.93 bits per heavy atom. The largest absolute Gasteiger partial charge is 0.327 e. The molecule has 2 aliphatic heterocycles. The molecule has 0 radical (unpaired) electrons. The van der Waals surface area contributed by atoms with Crippen molar-refractivity contribution in [1.29, 1.82) is 0 Å². The first-order valence-corrected chi connectivity index (χ1v) is 9.77. The van der Waals surface area contributed by atoms with E-state index in [9.17, 15) is 19.2 Å². The average Bonchev–Trinajstić information content (AvgIpc) is 3.18. The number of rotatable bonds is 5. The molecule has 1 aliphatic carbocycles. The maximum absolute atomic E-state index is 13.0. The lowest BCUT2D eigenvalue weighted by molar-refractivity contribution is -0.136. The van der Waals surface area contributed by atoms with Gasteiger partial charge in [0.2, 0.25) is 11.8 Å². The Labute approximate surface area is 162 Å². The Balaban J connectivity index is 1.51. The normalized spacial score (nSPS) is 27.3. The summed E-state index contributed by atoms with van der Waals surface area (Å²) in [4.78, 5) is 50.4. The van der Waals surface area contributed by atoms with E-state index in [1.807, 2.05) is 6.07 Å². The van der Waals surface area contributed by atoms with Crippen molar-refractivity contribution in [2.75, 3.05) is 6.54 Å².